The summed E-state index contributed by atoms with van der Waals surface area (Å²) in [7, 11) is 0. The fourth-order valence-corrected chi connectivity index (χ4v) is 2.66. The third kappa shape index (κ3) is 2.22. The molecule has 2 heterocycles. The van der Waals surface area contributed by atoms with E-state index in [0.717, 1.165) is 5.56 Å². The molecule has 3 N–H and O–H groups in total. The lowest BCUT2D eigenvalue weighted by molar-refractivity contribution is -0.137. The van der Waals surface area contributed by atoms with Crippen molar-refractivity contribution < 1.29 is 19.4 Å². The number of benzene rings is 2. The number of carboxylic acid groups (broad SMARTS) is 1. The van der Waals surface area contributed by atoms with Crippen LogP contribution in [0.5, 0.6) is 11.5 Å². The number of aromatic nitrogens is 2. The van der Waals surface area contributed by atoms with Crippen molar-refractivity contribution >= 4 is 22.7 Å². The predicted molar refractivity (Wildman–Crippen MR) is 83.3 cm³/mol. The highest BCUT2D eigenvalue weighted by Crippen LogP contribution is 2.37. The first kappa shape index (κ1) is 13.4. The average Bonchev–Trinajstić information content (AvgIpc) is 3.10. The number of ether oxygens (including phenoxy) is 2. The number of carbonyl (C=O) groups is 1. The number of hydrogen-bond donors (Lipinski definition) is 2. The monoisotopic (exact) mass is 311 g/mol. The Labute approximate surface area is 130 Å². The number of imidazole rings is 1. The lowest BCUT2D eigenvalue weighted by Crippen LogP contribution is -2.10. The van der Waals surface area contributed by atoms with Gasteiger partial charge in [0.25, 0.3) is 0 Å². The fourth-order valence-electron chi connectivity index (χ4n) is 2.66. The molecule has 0 saturated carbocycles. The molecule has 116 valence electrons. The lowest BCUT2D eigenvalue weighted by Gasteiger charge is -2.07. The minimum absolute atomic E-state index is 0.158. The smallest absolute Gasteiger partial charge is 0.323 e. The van der Waals surface area contributed by atoms with Gasteiger partial charge in [-0.1, -0.05) is 0 Å². The van der Waals surface area contributed by atoms with Crippen LogP contribution in [0.3, 0.4) is 0 Å². The summed E-state index contributed by atoms with van der Waals surface area (Å²) < 4.78 is 12.4. The molecule has 0 aliphatic carbocycles. The highest BCUT2D eigenvalue weighted by Gasteiger charge is 2.20. The van der Waals surface area contributed by atoms with E-state index in [4.69, 9.17) is 15.2 Å². The fraction of sp³-hybridized carbons (Fsp3) is 0.125. The van der Waals surface area contributed by atoms with E-state index in [2.05, 4.69) is 4.98 Å². The maximum Gasteiger partial charge on any atom is 0.323 e. The van der Waals surface area contributed by atoms with E-state index in [1.807, 2.05) is 12.1 Å². The zero-order valence-electron chi connectivity index (χ0n) is 12.0. The number of fused-ring (bicyclic) bond motifs is 2. The quantitative estimate of drug-likeness (QED) is 0.719. The number of nitrogens with two attached hydrogens (primary N) is 1. The third-order valence-electron chi connectivity index (χ3n) is 3.70. The second kappa shape index (κ2) is 4.91. The number of nitrogen functional groups attached to an aromatic ring is 1. The zero-order chi connectivity index (χ0) is 16.0. The molecule has 0 spiro atoms. The zero-order valence-corrected chi connectivity index (χ0v) is 12.0. The highest BCUT2D eigenvalue weighted by molar-refractivity contribution is 5.86. The lowest BCUT2D eigenvalue weighted by atomic mass is 10.2. The molecule has 0 atom stereocenters. The Morgan fingerprint density at radius 1 is 1.22 bits per heavy atom. The van der Waals surface area contributed by atoms with Crippen molar-refractivity contribution in [3.63, 3.8) is 0 Å². The molecular weight excluding hydrogens is 298 g/mol. The van der Waals surface area contributed by atoms with E-state index in [0.29, 0.717) is 34.0 Å². The molecule has 3 aromatic rings. The summed E-state index contributed by atoms with van der Waals surface area (Å²) in [4.78, 5) is 15.8. The van der Waals surface area contributed by atoms with Gasteiger partial charge in [-0.2, -0.15) is 0 Å². The predicted octanol–water partition coefficient (Wildman–Crippen LogP) is 2.10. The first-order valence-electron chi connectivity index (χ1n) is 6.99. The van der Waals surface area contributed by atoms with Gasteiger partial charge in [0.15, 0.2) is 11.5 Å². The Hall–Kier alpha value is -3.22. The Balaban J connectivity index is 1.95. The van der Waals surface area contributed by atoms with E-state index in [-0.39, 0.29) is 13.3 Å². The molecule has 0 radical (unpaired) electrons. The molecule has 0 amide bonds. The molecule has 0 unspecified atom stereocenters. The standard InChI is InChI=1S/C16H13N3O4/c17-10-3-1-9(2-4-10)16-18-11-5-13-14(23-8-22-13)6-12(11)19(16)7-15(20)21/h1-6H,7-8,17H2,(H,20,21). The molecule has 0 fully saturated rings. The van der Waals surface area contributed by atoms with Crippen LogP contribution in [0.1, 0.15) is 0 Å². The highest BCUT2D eigenvalue weighted by atomic mass is 16.7. The minimum atomic E-state index is -0.946. The van der Waals surface area contributed by atoms with Gasteiger partial charge in [-0.15, -0.1) is 0 Å². The molecule has 1 aromatic heterocycles. The number of rotatable bonds is 3. The molecule has 2 aromatic carbocycles. The van der Waals surface area contributed by atoms with Gasteiger partial charge in [0.2, 0.25) is 6.79 Å². The van der Waals surface area contributed by atoms with Gasteiger partial charge >= 0.3 is 5.97 Å². The summed E-state index contributed by atoms with van der Waals surface area (Å²) in [6, 6.07) is 10.7. The first-order valence-corrected chi connectivity index (χ1v) is 6.99. The number of nitrogens with zero attached hydrogens (tertiary/aromatic N) is 2. The minimum Gasteiger partial charge on any atom is -0.480 e. The van der Waals surface area contributed by atoms with Crippen LogP contribution in [0.4, 0.5) is 5.69 Å². The molecule has 0 bridgehead atoms. The average molecular weight is 311 g/mol. The van der Waals surface area contributed by atoms with Crippen LogP contribution in [0.2, 0.25) is 0 Å². The molecule has 1 aliphatic heterocycles. The molecule has 23 heavy (non-hydrogen) atoms. The van der Waals surface area contributed by atoms with Crippen LogP contribution in [0, 0.1) is 0 Å². The summed E-state index contributed by atoms with van der Waals surface area (Å²) in [6.45, 7) is -0.0401. The summed E-state index contributed by atoms with van der Waals surface area (Å²) in [5.41, 5.74) is 8.47. The van der Waals surface area contributed by atoms with Gasteiger partial charge in [-0.25, -0.2) is 4.98 Å². The van der Waals surface area contributed by atoms with Crippen molar-refractivity contribution in [3.8, 4) is 22.9 Å². The van der Waals surface area contributed by atoms with E-state index < -0.39 is 5.97 Å². The molecule has 1 aliphatic rings. The summed E-state index contributed by atoms with van der Waals surface area (Å²) in [6.07, 6.45) is 0. The molecule has 7 nitrogen and oxygen atoms in total. The van der Waals surface area contributed by atoms with Crippen molar-refractivity contribution in [1.29, 1.82) is 0 Å². The van der Waals surface area contributed by atoms with Gasteiger partial charge < -0.3 is 24.9 Å². The topological polar surface area (TPSA) is 99.6 Å². The number of hydrogen-bond acceptors (Lipinski definition) is 5. The van der Waals surface area contributed by atoms with Crippen LogP contribution < -0.4 is 15.2 Å². The number of carboxylic acids is 1. The van der Waals surface area contributed by atoms with Crippen LogP contribution in [0.25, 0.3) is 22.4 Å². The first-order chi connectivity index (χ1) is 11.1. The Morgan fingerprint density at radius 2 is 1.91 bits per heavy atom. The van der Waals surface area contributed by atoms with Crippen LogP contribution >= 0.6 is 0 Å². The van der Waals surface area contributed by atoms with Crippen molar-refractivity contribution in [1.82, 2.24) is 9.55 Å². The maximum atomic E-state index is 11.3. The maximum absolute atomic E-state index is 11.3. The van der Waals surface area contributed by atoms with Gasteiger partial charge in [-0.3, -0.25) is 4.79 Å². The van der Waals surface area contributed by atoms with Gasteiger partial charge in [0.05, 0.1) is 11.0 Å². The summed E-state index contributed by atoms with van der Waals surface area (Å²) >= 11 is 0. The Kier molecular flexibility index (Phi) is 2.87. The van der Waals surface area contributed by atoms with Crippen LogP contribution in [-0.4, -0.2) is 27.4 Å². The van der Waals surface area contributed by atoms with Gasteiger partial charge in [0, 0.05) is 23.4 Å². The summed E-state index contributed by atoms with van der Waals surface area (Å²) in [5.74, 6) is 0.818. The third-order valence-corrected chi connectivity index (χ3v) is 3.70. The van der Waals surface area contributed by atoms with Crippen LogP contribution in [-0.2, 0) is 11.3 Å². The molecule has 4 rings (SSSR count). The van der Waals surface area contributed by atoms with E-state index in [1.165, 1.54) is 0 Å². The van der Waals surface area contributed by atoms with Crippen molar-refractivity contribution in [3.05, 3.63) is 36.4 Å². The largest absolute Gasteiger partial charge is 0.480 e. The van der Waals surface area contributed by atoms with E-state index >= 15 is 0 Å². The van der Waals surface area contributed by atoms with Gasteiger partial charge in [-0.05, 0) is 24.3 Å². The van der Waals surface area contributed by atoms with Crippen molar-refractivity contribution in [2.75, 3.05) is 12.5 Å². The Bertz CT molecular complexity index is 915. The van der Waals surface area contributed by atoms with Crippen molar-refractivity contribution in [2.24, 2.45) is 0 Å². The second-order valence-electron chi connectivity index (χ2n) is 5.23. The summed E-state index contributed by atoms with van der Waals surface area (Å²) in [5, 5.41) is 9.23. The van der Waals surface area contributed by atoms with Crippen molar-refractivity contribution in [2.45, 2.75) is 6.54 Å². The van der Waals surface area contributed by atoms with E-state index in [1.54, 1.807) is 28.8 Å². The van der Waals surface area contributed by atoms with Gasteiger partial charge in [0.1, 0.15) is 12.4 Å². The van der Waals surface area contributed by atoms with Crippen LogP contribution in [0.15, 0.2) is 36.4 Å². The molecule has 7 heteroatoms. The SMILES string of the molecule is Nc1ccc(-c2nc3cc4c(cc3n2CC(=O)O)OCO4)cc1. The molecule has 0 saturated heterocycles. The van der Waals surface area contributed by atoms with E-state index in [9.17, 15) is 9.90 Å². The second-order valence-corrected chi connectivity index (χ2v) is 5.23. The Morgan fingerprint density at radius 3 is 2.61 bits per heavy atom. The number of anilines is 1. The normalized spacial score (nSPS) is 12.7. The number of aliphatic carboxylic acids is 1. The molecular formula is C16H13N3O4.